The SMILES string of the molecule is CCc1ccc(COc2ccc(Br)c(CBr)c2)s1. The van der Waals surface area contributed by atoms with E-state index in [4.69, 9.17) is 4.74 Å². The van der Waals surface area contributed by atoms with Gasteiger partial charge in [0.25, 0.3) is 0 Å². The Kier molecular flexibility index (Phi) is 5.27. The predicted molar refractivity (Wildman–Crippen MR) is 84.8 cm³/mol. The van der Waals surface area contributed by atoms with Crippen LogP contribution >= 0.6 is 43.2 Å². The molecule has 0 saturated carbocycles. The average molecular weight is 390 g/mol. The van der Waals surface area contributed by atoms with Gasteiger partial charge in [0.1, 0.15) is 12.4 Å². The molecule has 2 rings (SSSR count). The molecular formula is C14H14Br2OS. The van der Waals surface area contributed by atoms with Gasteiger partial charge in [-0.05, 0) is 42.3 Å². The first-order chi connectivity index (χ1) is 8.72. The largest absolute Gasteiger partial charge is 0.488 e. The molecule has 1 nitrogen and oxygen atoms in total. The van der Waals surface area contributed by atoms with Crippen LogP contribution in [-0.4, -0.2) is 0 Å². The van der Waals surface area contributed by atoms with Gasteiger partial charge < -0.3 is 4.74 Å². The quantitative estimate of drug-likeness (QED) is 0.609. The van der Waals surface area contributed by atoms with Gasteiger partial charge in [0.05, 0.1) is 0 Å². The zero-order valence-corrected chi connectivity index (χ0v) is 14.1. The number of rotatable bonds is 5. The number of aryl methyl sites for hydroxylation is 1. The highest BCUT2D eigenvalue weighted by Crippen LogP contribution is 2.26. The van der Waals surface area contributed by atoms with Crippen LogP contribution in [0, 0.1) is 0 Å². The second-order valence-corrected chi connectivity index (χ2v) is 6.57. The molecule has 1 aromatic carbocycles. The van der Waals surface area contributed by atoms with Gasteiger partial charge in [-0.25, -0.2) is 0 Å². The van der Waals surface area contributed by atoms with Crippen molar-refractivity contribution >= 4 is 43.2 Å². The maximum absolute atomic E-state index is 5.82. The Morgan fingerprint density at radius 3 is 2.61 bits per heavy atom. The van der Waals surface area contributed by atoms with Crippen LogP contribution in [0.1, 0.15) is 22.2 Å². The number of ether oxygens (including phenoxy) is 1. The third kappa shape index (κ3) is 3.59. The summed E-state index contributed by atoms with van der Waals surface area (Å²) in [4.78, 5) is 2.68. The lowest BCUT2D eigenvalue weighted by molar-refractivity contribution is 0.309. The van der Waals surface area contributed by atoms with E-state index in [1.54, 1.807) is 0 Å². The third-order valence-corrected chi connectivity index (χ3v) is 5.19. The molecule has 0 bridgehead atoms. The van der Waals surface area contributed by atoms with Crippen molar-refractivity contribution in [2.24, 2.45) is 0 Å². The fraction of sp³-hybridized carbons (Fsp3) is 0.286. The molecule has 0 aliphatic rings. The first-order valence-electron chi connectivity index (χ1n) is 5.77. The van der Waals surface area contributed by atoms with Crippen LogP contribution in [0.3, 0.4) is 0 Å². The van der Waals surface area contributed by atoms with Crippen LogP contribution in [0.25, 0.3) is 0 Å². The van der Waals surface area contributed by atoms with E-state index < -0.39 is 0 Å². The molecule has 96 valence electrons. The molecule has 0 saturated heterocycles. The van der Waals surface area contributed by atoms with Crippen molar-refractivity contribution in [1.29, 1.82) is 0 Å². The summed E-state index contributed by atoms with van der Waals surface area (Å²) in [5.74, 6) is 0.916. The lowest BCUT2D eigenvalue weighted by Gasteiger charge is -2.07. The highest BCUT2D eigenvalue weighted by molar-refractivity contribution is 9.10. The zero-order valence-electron chi connectivity index (χ0n) is 10.1. The summed E-state index contributed by atoms with van der Waals surface area (Å²) in [6.45, 7) is 2.82. The second-order valence-electron chi connectivity index (χ2n) is 3.90. The van der Waals surface area contributed by atoms with Crippen molar-refractivity contribution < 1.29 is 4.74 Å². The van der Waals surface area contributed by atoms with Crippen LogP contribution in [0.15, 0.2) is 34.8 Å². The van der Waals surface area contributed by atoms with E-state index in [0.717, 1.165) is 22.0 Å². The van der Waals surface area contributed by atoms with Crippen LogP contribution in [-0.2, 0) is 18.4 Å². The minimum Gasteiger partial charge on any atom is -0.488 e. The Balaban J connectivity index is 2.01. The van der Waals surface area contributed by atoms with Gasteiger partial charge in [-0.3, -0.25) is 0 Å². The molecule has 0 radical (unpaired) electrons. The van der Waals surface area contributed by atoms with Gasteiger partial charge in [-0.15, -0.1) is 11.3 Å². The van der Waals surface area contributed by atoms with E-state index in [1.165, 1.54) is 15.3 Å². The predicted octanol–water partition coefficient (Wildman–Crippen LogP) is 5.55. The number of hydrogen-bond donors (Lipinski definition) is 0. The molecule has 0 aliphatic heterocycles. The molecule has 1 heterocycles. The Morgan fingerprint density at radius 1 is 1.17 bits per heavy atom. The summed E-state index contributed by atoms with van der Waals surface area (Å²) < 4.78 is 6.92. The van der Waals surface area contributed by atoms with Crippen LogP contribution in [0.2, 0.25) is 0 Å². The normalized spacial score (nSPS) is 10.6. The number of halogens is 2. The lowest BCUT2D eigenvalue weighted by atomic mass is 10.2. The second kappa shape index (κ2) is 6.73. The summed E-state index contributed by atoms with van der Waals surface area (Å²) in [6, 6.07) is 10.4. The fourth-order valence-electron chi connectivity index (χ4n) is 1.59. The minimum atomic E-state index is 0.647. The summed E-state index contributed by atoms with van der Waals surface area (Å²) in [5, 5.41) is 0.823. The Morgan fingerprint density at radius 2 is 1.94 bits per heavy atom. The Hall–Kier alpha value is -0.320. The molecular weight excluding hydrogens is 376 g/mol. The maximum Gasteiger partial charge on any atom is 0.122 e. The average Bonchev–Trinajstić information content (AvgIpc) is 2.86. The van der Waals surface area contributed by atoms with Crippen molar-refractivity contribution in [1.82, 2.24) is 0 Å². The van der Waals surface area contributed by atoms with Gasteiger partial charge in [0.15, 0.2) is 0 Å². The van der Waals surface area contributed by atoms with E-state index in [0.29, 0.717) is 6.61 Å². The van der Waals surface area contributed by atoms with Crippen molar-refractivity contribution in [3.63, 3.8) is 0 Å². The number of hydrogen-bond acceptors (Lipinski definition) is 2. The lowest BCUT2D eigenvalue weighted by Crippen LogP contribution is -1.93. The topological polar surface area (TPSA) is 9.23 Å². The molecule has 18 heavy (non-hydrogen) atoms. The van der Waals surface area contributed by atoms with Crippen molar-refractivity contribution in [2.45, 2.75) is 25.3 Å². The molecule has 0 amide bonds. The smallest absolute Gasteiger partial charge is 0.122 e. The number of alkyl halides is 1. The molecule has 1 aromatic heterocycles. The highest BCUT2D eigenvalue weighted by Gasteiger charge is 2.03. The molecule has 0 fully saturated rings. The van der Waals surface area contributed by atoms with Crippen LogP contribution < -0.4 is 4.74 Å². The fourth-order valence-corrected chi connectivity index (χ4v) is 3.69. The first kappa shape index (κ1) is 14.1. The van der Waals surface area contributed by atoms with E-state index in [1.807, 2.05) is 23.5 Å². The molecule has 4 heteroatoms. The van der Waals surface area contributed by atoms with Crippen molar-refractivity contribution in [3.8, 4) is 5.75 Å². The summed E-state index contributed by atoms with van der Waals surface area (Å²) in [6.07, 6.45) is 1.09. The van der Waals surface area contributed by atoms with E-state index in [9.17, 15) is 0 Å². The molecule has 0 aliphatic carbocycles. The van der Waals surface area contributed by atoms with E-state index in [2.05, 4.69) is 57.0 Å². The Labute approximate surface area is 128 Å². The molecule has 2 aromatic rings. The minimum absolute atomic E-state index is 0.647. The highest BCUT2D eigenvalue weighted by atomic mass is 79.9. The van der Waals surface area contributed by atoms with Gasteiger partial charge in [0, 0.05) is 19.6 Å². The number of benzene rings is 1. The van der Waals surface area contributed by atoms with Crippen molar-refractivity contribution in [3.05, 3.63) is 50.1 Å². The number of thiophene rings is 1. The van der Waals surface area contributed by atoms with E-state index >= 15 is 0 Å². The van der Waals surface area contributed by atoms with Gasteiger partial charge in [0.2, 0.25) is 0 Å². The summed E-state index contributed by atoms with van der Waals surface area (Å²) >= 11 is 8.81. The maximum atomic E-state index is 5.82. The van der Waals surface area contributed by atoms with Gasteiger partial charge in [-0.1, -0.05) is 38.8 Å². The standard InChI is InChI=1S/C14H14Br2OS/c1-2-12-4-5-13(18-12)9-17-11-3-6-14(16)10(7-11)8-15/h3-7H,2,8-9H2,1H3. The zero-order chi connectivity index (χ0) is 13.0. The summed E-state index contributed by atoms with van der Waals surface area (Å²) in [7, 11) is 0. The molecule has 0 atom stereocenters. The molecule has 0 N–H and O–H groups in total. The van der Waals surface area contributed by atoms with Crippen LogP contribution in [0.5, 0.6) is 5.75 Å². The monoisotopic (exact) mass is 388 g/mol. The van der Waals surface area contributed by atoms with E-state index in [-0.39, 0.29) is 0 Å². The third-order valence-electron chi connectivity index (χ3n) is 2.61. The summed E-state index contributed by atoms with van der Waals surface area (Å²) in [5.41, 5.74) is 1.20. The van der Waals surface area contributed by atoms with Crippen LogP contribution in [0.4, 0.5) is 0 Å². The molecule has 0 spiro atoms. The Bertz CT molecular complexity index is 522. The first-order valence-corrected chi connectivity index (χ1v) is 8.50. The van der Waals surface area contributed by atoms with Gasteiger partial charge >= 0.3 is 0 Å². The molecule has 0 unspecified atom stereocenters. The van der Waals surface area contributed by atoms with Gasteiger partial charge in [-0.2, -0.15) is 0 Å². The van der Waals surface area contributed by atoms with Crippen molar-refractivity contribution in [2.75, 3.05) is 0 Å².